The van der Waals surface area contributed by atoms with Gasteiger partial charge in [-0.3, -0.25) is 4.79 Å². The summed E-state index contributed by atoms with van der Waals surface area (Å²) in [7, 11) is 1.74. The van der Waals surface area contributed by atoms with E-state index in [0.29, 0.717) is 0 Å². The zero-order valence-corrected chi connectivity index (χ0v) is 11.0. The molecule has 1 atom stereocenters. The monoisotopic (exact) mass is 237 g/mol. The summed E-state index contributed by atoms with van der Waals surface area (Å²) in [6.07, 6.45) is 7.26. The van der Waals surface area contributed by atoms with Crippen LogP contribution in [0.2, 0.25) is 0 Å². The van der Waals surface area contributed by atoms with Gasteiger partial charge in [0.15, 0.2) is 6.04 Å². The van der Waals surface area contributed by atoms with Gasteiger partial charge in [-0.1, -0.05) is 0 Å². The fourth-order valence-electron chi connectivity index (χ4n) is 4.93. The first kappa shape index (κ1) is 11.5. The van der Waals surface area contributed by atoms with E-state index in [9.17, 15) is 4.79 Å². The molecule has 0 aromatic rings. The van der Waals surface area contributed by atoms with Crippen molar-refractivity contribution in [1.82, 2.24) is 5.32 Å². The number of nitrogens with two attached hydrogens (primary N) is 1. The molecule has 0 heterocycles. The molecule has 4 saturated carbocycles. The summed E-state index contributed by atoms with van der Waals surface area (Å²) in [5, 5.41) is 5.13. The third-order valence-corrected chi connectivity index (χ3v) is 5.47. The van der Waals surface area contributed by atoms with Gasteiger partial charge in [-0.2, -0.15) is 0 Å². The zero-order chi connectivity index (χ0) is 12.0. The third kappa shape index (κ3) is 1.99. The highest BCUT2D eigenvalue weighted by Crippen LogP contribution is 2.52. The van der Waals surface area contributed by atoms with Crippen LogP contribution in [0.4, 0.5) is 0 Å². The van der Waals surface area contributed by atoms with Crippen LogP contribution in [0.15, 0.2) is 0 Å². The highest BCUT2D eigenvalue weighted by molar-refractivity contribution is 5.79. The summed E-state index contributed by atoms with van der Waals surface area (Å²) in [6.45, 7) is 2.05. The van der Waals surface area contributed by atoms with Gasteiger partial charge >= 0.3 is 0 Å². The molecule has 4 rings (SSSR count). The number of carbonyl (C=O) groups is 1. The number of likely N-dealkylation sites (N-methyl/N-ethyl adjacent to an activating group) is 1. The molecule has 3 N–H and O–H groups in total. The third-order valence-electron chi connectivity index (χ3n) is 5.47. The summed E-state index contributed by atoms with van der Waals surface area (Å²) in [6, 6.07) is 0.817. The van der Waals surface area contributed by atoms with Crippen molar-refractivity contribution < 1.29 is 10.1 Å². The van der Waals surface area contributed by atoms with Gasteiger partial charge < -0.3 is 10.6 Å². The average Bonchev–Trinajstić information content (AvgIpc) is 2.31. The second-order valence-electron chi connectivity index (χ2n) is 6.60. The van der Waals surface area contributed by atoms with Crippen LogP contribution in [0.25, 0.3) is 0 Å². The molecule has 4 aliphatic rings. The number of hydrogen-bond acceptors (Lipinski definition) is 1. The molecule has 0 aliphatic heterocycles. The maximum Gasteiger partial charge on any atom is 0.277 e. The maximum absolute atomic E-state index is 11.6. The van der Waals surface area contributed by atoms with E-state index in [4.69, 9.17) is 0 Å². The highest BCUT2D eigenvalue weighted by Gasteiger charge is 2.50. The molecule has 4 bridgehead atoms. The lowest BCUT2D eigenvalue weighted by molar-refractivity contribution is -0.725. The maximum atomic E-state index is 11.6. The summed E-state index contributed by atoms with van der Waals surface area (Å²) in [4.78, 5) is 11.6. The largest absolute Gasteiger partial charge is 0.354 e. The van der Waals surface area contributed by atoms with Crippen molar-refractivity contribution in [2.45, 2.75) is 51.1 Å². The SMILES string of the molecule is CNC(=O)[C@@H](C)[NH2+]C1C2CC3CC(C2)CC1C3. The molecule has 1 amide bonds. The summed E-state index contributed by atoms with van der Waals surface area (Å²) >= 11 is 0. The molecule has 0 aromatic heterocycles. The van der Waals surface area contributed by atoms with Crippen molar-refractivity contribution in [3.8, 4) is 0 Å². The lowest BCUT2D eigenvalue weighted by Gasteiger charge is -2.53. The quantitative estimate of drug-likeness (QED) is 0.738. The first-order valence-corrected chi connectivity index (χ1v) is 7.24. The lowest BCUT2D eigenvalue weighted by Crippen LogP contribution is -3.00. The van der Waals surface area contributed by atoms with Crippen LogP contribution >= 0.6 is 0 Å². The van der Waals surface area contributed by atoms with Crippen LogP contribution in [0.5, 0.6) is 0 Å². The predicted octanol–water partition coefficient (Wildman–Crippen LogP) is 0.509. The van der Waals surface area contributed by atoms with E-state index in [2.05, 4.69) is 10.6 Å². The fourth-order valence-corrected chi connectivity index (χ4v) is 4.93. The van der Waals surface area contributed by atoms with Crippen molar-refractivity contribution >= 4 is 5.91 Å². The van der Waals surface area contributed by atoms with Crippen molar-refractivity contribution in [3.05, 3.63) is 0 Å². The van der Waals surface area contributed by atoms with E-state index in [-0.39, 0.29) is 11.9 Å². The van der Waals surface area contributed by atoms with Gasteiger partial charge in [0.2, 0.25) is 0 Å². The minimum atomic E-state index is 0.0857. The Bertz CT molecular complexity index is 287. The average molecular weight is 237 g/mol. The van der Waals surface area contributed by atoms with E-state index in [0.717, 1.165) is 29.7 Å². The Morgan fingerprint density at radius 1 is 1.12 bits per heavy atom. The second-order valence-corrected chi connectivity index (χ2v) is 6.60. The van der Waals surface area contributed by atoms with Crippen molar-refractivity contribution in [2.75, 3.05) is 7.05 Å². The topological polar surface area (TPSA) is 45.7 Å². The van der Waals surface area contributed by atoms with Gasteiger partial charge in [0.1, 0.15) is 0 Å². The van der Waals surface area contributed by atoms with Gasteiger partial charge in [-0.05, 0) is 50.9 Å². The minimum Gasteiger partial charge on any atom is -0.354 e. The van der Waals surface area contributed by atoms with Gasteiger partial charge in [-0.15, -0.1) is 0 Å². The van der Waals surface area contributed by atoms with E-state index >= 15 is 0 Å². The Morgan fingerprint density at radius 3 is 2.12 bits per heavy atom. The summed E-state index contributed by atoms with van der Waals surface area (Å²) in [5.41, 5.74) is 0. The number of hydrogen-bond donors (Lipinski definition) is 2. The predicted molar refractivity (Wildman–Crippen MR) is 66.3 cm³/mol. The summed E-state index contributed by atoms with van der Waals surface area (Å²) < 4.78 is 0. The highest BCUT2D eigenvalue weighted by atomic mass is 16.2. The van der Waals surface area contributed by atoms with Gasteiger partial charge in [0.05, 0.1) is 6.04 Å². The Labute approximate surface area is 104 Å². The van der Waals surface area contributed by atoms with Crippen LogP contribution in [-0.2, 0) is 4.79 Å². The molecule has 4 aliphatic carbocycles. The van der Waals surface area contributed by atoms with Crippen LogP contribution in [0.3, 0.4) is 0 Å². The second kappa shape index (κ2) is 4.27. The molecule has 0 saturated heterocycles. The molecule has 4 fully saturated rings. The van der Waals surface area contributed by atoms with Gasteiger partial charge in [0.25, 0.3) is 5.91 Å². The number of carbonyl (C=O) groups excluding carboxylic acids is 1. The number of quaternary nitrogens is 1. The number of rotatable bonds is 3. The molecule has 0 aromatic carbocycles. The van der Waals surface area contributed by atoms with Crippen molar-refractivity contribution in [3.63, 3.8) is 0 Å². The van der Waals surface area contributed by atoms with E-state index < -0.39 is 0 Å². The Hall–Kier alpha value is -0.570. The first-order chi connectivity index (χ1) is 8.17. The molecular formula is C14H25N2O+. The van der Waals surface area contributed by atoms with Crippen molar-refractivity contribution in [1.29, 1.82) is 0 Å². The number of nitrogens with one attached hydrogen (secondary N) is 1. The molecule has 0 unspecified atom stereocenters. The molecule has 0 radical (unpaired) electrons. The molecule has 3 nitrogen and oxygen atoms in total. The lowest BCUT2D eigenvalue weighted by atomic mass is 9.54. The smallest absolute Gasteiger partial charge is 0.277 e. The Morgan fingerprint density at radius 2 is 1.65 bits per heavy atom. The van der Waals surface area contributed by atoms with Crippen LogP contribution in [0.1, 0.15) is 39.0 Å². The Balaban J connectivity index is 1.66. The Kier molecular flexibility index (Phi) is 2.89. The van der Waals surface area contributed by atoms with Crippen molar-refractivity contribution in [2.24, 2.45) is 23.7 Å². The molecule has 3 heteroatoms. The van der Waals surface area contributed by atoms with Crippen LogP contribution in [0, 0.1) is 23.7 Å². The fraction of sp³-hybridized carbons (Fsp3) is 0.929. The van der Waals surface area contributed by atoms with Gasteiger partial charge in [-0.25, -0.2) is 0 Å². The first-order valence-electron chi connectivity index (χ1n) is 7.24. The minimum absolute atomic E-state index is 0.0857. The van der Waals surface area contributed by atoms with Gasteiger partial charge in [0, 0.05) is 18.9 Å². The normalized spacial score (nSPS) is 44.7. The van der Waals surface area contributed by atoms with Crippen LogP contribution in [-0.4, -0.2) is 25.0 Å². The number of amides is 1. The molecule has 17 heavy (non-hydrogen) atoms. The standard InChI is InChI=1S/C14H24N2O/c1-8(14(17)15-2)16-13-11-4-9-3-10(6-11)7-12(13)5-9/h8-13,16H,3-7H2,1-2H3,(H,15,17)/p+1/t8-,9?,10?,11?,12?,13?/m1/s1. The molecular weight excluding hydrogens is 212 g/mol. The zero-order valence-electron chi connectivity index (χ0n) is 11.0. The summed E-state index contributed by atoms with van der Waals surface area (Å²) in [5.74, 6) is 4.03. The molecule has 96 valence electrons. The van der Waals surface area contributed by atoms with Crippen LogP contribution < -0.4 is 10.6 Å². The van der Waals surface area contributed by atoms with E-state index in [1.54, 1.807) is 7.05 Å². The van der Waals surface area contributed by atoms with E-state index in [1.165, 1.54) is 32.1 Å². The van der Waals surface area contributed by atoms with E-state index in [1.807, 2.05) is 6.92 Å². The molecule has 0 spiro atoms.